The first kappa shape index (κ1) is 8.29. The maximum absolute atomic E-state index is 10.5. The van der Waals surface area contributed by atoms with Crippen molar-refractivity contribution < 1.29 is 9.90 Å². The van der Waals surface area contributed by atoms with Crippen molar-refractivity contribution in [2.45, 2.75) is 25.7 Å². The Morgan fingerprint density at radius 3 is 3.38 bits per heavy atom. The van der Waals surface area contributed by atoms with Gasteiger partial charge in [-0.1, -0.05) is 0 Å². The lowest BCUT2D eigenvalue weighted by molar-refractivity contribution is -0.138. The third-order valence-electron chi connectivity index (χ3n) is 2.58. The Morgan fingerprint density at radius 2 is 2.62 bits per heavy atom. The summed E-state index contributed by atoms with van der Waals surface area (Å²) >= 11 is 0. The van der Waals surface area contributed by atoms with Crippen LogP contribution in [0.2, 0.25) is 0 Å². The number of aromatic nitrogens is 2. The first-order valence-electron chi connectivity index (χ1n) is 4.48. The topological polar surface area (TPSA) is 66.0 Å². The van der Waals surface area contributed by atoms with E-state index in [1.54, 1.807) is 0 Å². The first-order valence-corrected chi connectivity index (χ1v) is 4.48. The minimum Gasteiger partial charge on any atom is -0.481 e. The number of aromatic amines is 1. The number of carbonyl (C=O) groups is 1. The van der Waals surface area contributed by atoms with Crippen LogP contribution in [0.25, 0.3) is 0 Å². The summed E-state index contributed by atoms with van der Waals surface area (Å²) < 4.78 is 0. The number of H-pyrrole nitrogens is 1. The Balaban J connectivity index is 2.04. The predicted octanol–water partition coefficient (Wildman–Crippen LogP) is 0.989. The number of nitrogens with one attached hydrogen (secondary N) is 1. The van der Waals surface area contributed by atoms with E-state index in [4.69, 9.17) is 5.11 Å². The standard InChI is InChI=1S/C9H12N2O2/c12-9(13)4-6-1-2-8-7(3-6)5-10-11-8/h5-6H,1-4H2,(H,10,11)(H,12,13). The zero-order valence-electron chi connectivity index (χ0n) is 7.29. The molecule has 0 bridgehead atoms. The van der Waals surface area contributed by atoms with Gasteiger partial charge >= 0.3 is 5.97 Å². The van der Waals surface area contributed by atoms with Crippen LogP contribution in [-0.4, -0.2) is 21.3 Å². The number of carboxylic acids is 1. The van der Waals surface area contributed by atoms with Gasteiger partial charge in [0, 0.05) is 12.1 Å². The number of rotatable bonds is 2. The average molecular weight is 180 g/mol. The SMILES string of the molecule is O=C(O)CC1CCc2[nH]ncc2C1. The highest BCUT2D eigenvalue weighted by Gasteiger charge is 2.21. The van der Waals surface area contributed by atoms with Crippen LogP contribution in [-0.2, 0) is 17.6 Å². The maximum atomic E-state index is 10.5. The van der Waals surface area contributed by atoms with Gasteiger partial charge in [-0.3, -0.25) is 9.89 Å². The van der Waals surface area contributed by atoms with E-state index in [1.165, 1.54) is 11.3 Å². The zero-order chi connectivity index (χ0) is 9.26. The van der Waals surface area contributed by atoms with Gasteiger partial charge in [-0.05, 0) is 30.7 Å². The summed E-state index contributed by atoms with van der Waals surface area (Å²) in [4.78, 5) is 10.5. The molecule has 2 rings (SSSR count). The van der Waals surface area contributed by atoms with E-state index in [0.29, 0.717) is 5.92 Å². The number of hydrogen-bond donors (Lipinski definition) is 2. The molecule has 0 fully saturated rings. The van der Waals surface area contributed by atoms with Gasteiger partial charge in [0.15, 0.2) is 0 Å². The van der Waals surface area contributed by atoms with Gasteiger partial charge in [-0.25, -0.2) is 0 Å². The first-order chi connectivity index (χ1) is 6.25. The maximum Gasteiger partial charge on any atom is 0.303 e. The van der Waals surface area contributed by atoms with Gasteiger partial charge in [0.1, 0.15) is 0 Å². The summed E-state index contributed by atoms with van der Waals surface area (Å²) in [6.45, 7) is 0. The molecule has 0 spiro atoms. The van der Waals surface area contributed by atoms with Crippen LogP contribution in [0, 0.1) is 5.92 Å². The molecule has 1 aromatic rings. The van der Waals surface area contributed by atoms with E-state index in [-0.39, 0.29) is 6.42 Å². The summed E-state index contributed by atoms with van der Waals surface area (Å²) in [6, 6.07) is 0. The van der Waals surface area contributed by atoms with Crippen LogP contribution >= 0.6 is 0 Å². The van der Waals surface area contributed by atoms with E-state index in [9.17, 15) is 4.79 Å². The molecular formula is C9H12N2O2. The van der Waals surface area contributed by atoms with Crippen LogP contribution in [0.4, 0.5) is 0 Å². The molecule has 4 nitrogen and oxygen atoms in total. The van der Waals surface area contributed by atoms with Crippen molar-refractivity contribution in [3.63, 3.8) is 0 Å². The number of hydrogen-bond acceptors (Lipinski definition) is 2. The molecule has 1 aliphatic rings. The predicted molar refractivity (Wildman–Crippen MR) is 46.4 cm³/mol. The summed E-state index contributed by atoms with van der Waals surface area (Å²) in [6.07, 6.45) is 4.85. The molecule has 70 valence electrons. The van der Waals surface area contributed by atoms with E-state index >= 15 is 0 Å². The molecule has 0 saturated heterocycles. The molecule has 0 radical (unpaired) electrons. The molecule has 1 aliphatic carbocycles. The van der Waals surface area contributed by atoms with Gasteiger partial charge in [-0.2, -0.15) is 5.10 Å². The van der Waals surface area contributed by atoms with Gasteiger partial charge in [0.2, 0.25) is 0 Å². The fourth-order valence-corrected chi connectivity index (χ4v) is 1.91. The third-order valence-corrected chi connectivity index (χ3v) is 2.58. The third kappa shape index (κ3) is 1.71. The lowest BCUT2D eigenvalue weighted by Crippen LogP contribution is -2.16. The number of carboxylic acid groups (broad SMARTS) is 1. The number of fused-ring (bicyclic) bond motifs is 1. The highest BCUT2D eigenvalue weighted by molar-refractivity contribution is 5.67. The molecule has 1 atom stereocenters. The Bertz CT molecular complexity index is 319. The van der Waals surface area contributed by atoms with Crippen molar-refractivity contribution in [3.8, 4) is 0 Å². The summed E-state index contributed by atoms with van der Waals surface area (Å²) in [7, 11) is 0. The summed E-state index contributed by atoms with van der Waals surface area (Å²) in [5.74, 6) is -0.403. The van der Waals surface area contributed by atoms with Gasteiger partial charge < -0.3 is 5.11 Å². The van der Waals surface area contributed by atoms with Crippen molar-refractivity contribution in [2.24, 2.45) is 5.92 Å². The number of nitrogens with zero attached hydrogens (tertiary/aromatic N) is 1. The quantitative estimate of drug-likeness (QED) is 0.713. The van der Waals surface area contributed by atoms with Crippen molar-refractivity contribution in [1.82, 2.24) is 10.2 Å². The Morgan fingerprint density at radius 1 is 1.77 bits per heavy atom. The van der Waals surface area contributed by atoms with E-state index in [0.717, 1.165) is 19.3 Å². The van der Waals surface area contributed by atoms with E-state index in [1.807, 2.05) is 6.20 Å². The van der Waals surface area contributed by atoms with Crippen molar-refractivity contribution in [3.05, 3.63) is 17.5 Å². The van der Waals surface area contributed by atoms with Crippen LogP contribution < -0.4 is 0 Å². The van der Waals surface area contributed by atoms with Crippen LogP contribution in [0.1, 0.15) is 24.1 Å². The van der Waals surface area contributed by atoms with Crippen molar-refractivity contribution in [2.75, 3.05) is 0 Å². The highest BCUT2D eigenvalue weighted by atomic mass is 16.4. The van der Waals surface area contributed by atoms with Gasteiger partial charge in [-0.15, -0.1) is 0 Å². The van der Waals surface area contributed by atoms with Crippen LogP contribution in [0.3, 0.4) is 0 Å². The average Bonchev–Trinajstić information content (AvgIpc) is 2.49. The summed E-state index contributed by atoms with van der Waals surface area (Å²) in [5, 5.41) is 15.5. The molecule has 0 aromatic carbocycles. The minimum atomic E-state index is -0.697. The second-order valence-electron chi connectivity index (χ2n) is 3.58. The fourth-order valence-electron chi connectivity index (χ4n) is 1.91. The smallest absolute Gasteiger partial charge is 0.303 e. The second kappa shape index (κ2) is 3.20. The Labute approximate surface area is 76.0 Å². The fraction of sp³-hybridized carbons (Fsp3) is 0.556. The minimum absolute atomic E-state index is 0.282. The van der Waals surface area contributed by atoms with E-state index < -0.39 is 5.97 Å². The van der Waals surface area contributed by atoms with Crippen LogP contribution in [0.5, 0.6) is 0 Å². The molecule has 13 heavy (non-hydrogen) atoms. The molecule has 0 amide bonds. The molecule has 1 aromatic heterocycles. The van der Waals surface area contributed by atoms with Gasteiger partial charge in [0.05, 0.1) is 6.20 Å². The molecule has 1 unspecified atom stereocenters. The molecule has 1 heterocycles. The van der Waals surface area contributed by atoms with Crippen LogP contribution in [0.15, 0.2) is 6.20 Å². The molecule has 0 saturated carbocycles. The molecular weight excluding hydrogens is 168 g/mol. The monoisotopic (exact) mass is 180 g/mol. The molecule has 2 N–H and O–H groups in total. The highest BCUT2D eigenvalue weighted by Crippen LogP contribution is 2.25. The normalized spacial score (nSPS) is 21.1. The number of aryl methyl sites for hydroxylation is 1. The Kier molecular flexibility index (Phi) is 2.04. The number of aliphatic carboxylic acids is 1. The van der Waals surface area contributed by atoms with Crippen molar-refractivity contribution >= 4 is 5.97 Å². The largest absolute Gasteiger partial charge is 0.481 e. The lowest BCUT2D eigenvalue weighted by Gasteiger charge is -2.19. The Hall–Kier alpha value is -1.32. The summed E-state index contributed by atoms with van der Waals surface area (Å²) in [5.41, 5.74) is 2.37. The molecule has 4 heteroatoms. The second-order valence-corrected chi connectivity index (χ2v) is 3.58. The van der Waals surface area contributed by atoms with Gasteiger partial charge in [0.25, 0.3) is 0 Å². The van der Waals surface area contributed by atoms with Crippen molar-refractivity contribution in [1.29, 1.82) is 0 Å². The van der Waals surface area contributed by atoms with E-state index in [2.05, 4.69) is 10.2 Å². The zero-order valence-corrected chi connectivity index (χ0v) is 7.29. The lowest BCUT2D eigenvalue weighted by atomic mass is 9.86. The molecule has 0 aliphatic heterocycles.